The molecule has 0 aromatic heterocycles. The third kappa shape index (κ3) is 7.98. The molecular formula is C29H36F3N3O5S2. The van der Waals surface area contributed by atoms with Gasteiger partial charge in [-0.05, 0) is 81.8 Å². The molecule has 2 aliphatic heterocycles. The molecule has 2 atom stereocenters. The summed E-state index contributed by atoms with van der Waals surface area (Å²) in [5.74, 6) is -3.00. The molecule has 1 saturated carbocycles. The fourth-order valence-electron chi connectivity index (χ4n) is 4.98. The summed E-state index contributed by atoms with van der Waals surface area (Å²) in [5, 5.41) is 2.93. The average molecular weight is 628 g/mol. The molecule has 2 saturated heterocycles. The van der Waals surface area contributed by atoms with Crippen molar-refractivity contribution < 1.29 is 35.9 Å². The van der Waals surface area contributed by atoms with Gasteiger partial charge in [0.15, 0.2) is 11.6 Å². The minimum atomic E-state index is -4.55. The lowest BCUT2D eigenvalue weighted by Crippen LogP contribution is -2.53. The summed E-state index contributed by atoms with van der Waals surface area (Å²) in [4.78, 5) is 15.0. The first-order chi connectivity index (χ1) is 20.0. The third-order valence-corrected chi connectivity index (χ3v) is 10.2. The number of nitrogens with zero attached hydrogens (tertiary/aromatic N) is 1. The van der Waals surface area contributed by atoms with E-state index in [0.29, 0.717) is 56.4 Å². The van der Waals surface area contributed by atoms with Crippen LogP contribution in [0.3, 0.4) is 0 Å². The van der Waals surface area contributed by atoms with Crippen LogP contribution in [0, 0.1) is 17.5 Å². The van der Waals surface area contributed by atoms with E-state index in [1.807, 2.05) is 4.72 Å². The van der Waals surface area contributed by atoms with Crippen LogP contribution in [-0.4, -0.2) is 75.1 Å². The average Bonchev–Trinajstić information content (AvgIpc) is 3.75. The number of thioether (sulfide) groups is 1. The number of carbonyl (C=O) groups is 1. The van der Waals surface area contributed by atoms with Crippen molar-refractivity contribution in [3.8, 4) is 0 Å². The van der Waals surface area contributed by atoms with Crippen LogP contribution in [0.2, 0.25) is 0 Å². The number of hydrogen-bond acceptors (Lipinski definition) is 8. The van der Waals surface area contributed by atoms with Gasteiger partial charge in [0.05, 0.1) is 17.1 Å². The number of nitrogens with one attached hydrogen (secondary N) is 2. The third-order valence-electron chi connectivity index (χ3n) is 7.74. The lowest BCUT2D eigenvalue weighted by Gasteiger charge is -2.39. The predicted molar refractivity (Wildman–Crippen MR) is 153 cm³/mol. The second-order valence-corrected chi connectivity index (χ2v) is 14.1. The number of amides is 1. The predicted octanol–water partition coefficient (Wildman–Crippen LogP) is 4.69. The number of halogens is 3. The van der Waals surface area contributed by atoms with Crippen molar-refractivity contribution >= 4 is 33.4 Å². The Morgan fingerprint density at radius 1 is 1.12 bits per heavy atom. The topological polar surface area (TPSA) is 97.0 Å². The van der Waals surface area contributed by atoms with E-state index in [1.165, 1.54) is 30.8 Å². The van der Waals surface area contributed by atoms with Gasteiger partial charge in [0.2, 0.25) is 0 Å². The van der Waals surface area contributed by atoms with Gasteiger partial charge in [-0.3, -0.25) is 9.69 Å². The SMILES string of the molecule is C[C@]1(C(=O)NS(=O)(=O)c2cc(F)c(N[C@H](CCN3CC(OC4CC4)C3)CSc3ccc(F)cc3)c(F)c2)CCCCO1. The van der Waals surface area contributed by atoms with Gasteiger partial charge in [-0.15, -0.1) is 11.8 Å². The fraction of sp³-hybridized carbons (Fsp3) is 0.552. The van der Waals surface area contributed by atoms with Crippen LogP contribution < -0.4 is 10.0 Å². The Morgan fingerprint density at radius 2 is 1.81 bits per heavy atom. The van der Waals surface area contributed by atoms with E-state index >= 15 is 8.78 Å². The molecule has 1 aliphatic carbocycles. The van der Waals surface area contributed by atoms with Crippen LogP contribution >= 0.6 is 11.8 Å². The minimum absolute atomic E-state index is 0.217. The standard InChI is InChI=1S/C29H36F3N3O5S2/c1-29(11-2-3-13-39-29)28(36)34-42(37,38)24-14-25(31)27(26(32)15-24)33-20(18-41-23-8-4-19(30)5-9-23)10-12-35-16-22(17-35)40-21-6-7-21/h4-5,8-9,14-15,20-22,33H,2-3,6-7,10-13,16-18H2,1H3,(H,34,36)/t20-,29-/m1/s1. The van der Waals surface area contributed by atoms with Gasteiger partial charge in [0, 0.05) is 42.9 Å². The summed E-state index contributed by atoms with van der Waals surface area (Å²) in [6.07, 6.45) is 5.17. The van der Waals surface area contributed by atoms with Crippen molar-refractivity contribution in [3.05, 3.63) is 53.8 Å². The first-order valence-electron chi connectivity index (χ1n) is 14.2. The lowest BCUT2D eigenvalue weighted by molar-refractivity contribution is -0.148. The number of anilines is 1. The molecule has 0 unspecified atom stereocenters. The van der Waals surface area contributed by atoms with Crippen molar-refractivity contribution in [2.75, 3.05) is 37.3 Å². The summed E-state index contributed by atoms with van der Waals surface area (Å²) in [5.41, 5.74) is -1.79. The van der Waals surface area contributed by atoms with Gasteiger partial charge in [-0.1, -0.05) is 0 Å². The maximum absolute atomic E-state index is 15.3. The molecule has 230 valence electrons. The van der Waals surface area contributed by atoms with Gasteiger partial charge < -0.3 is 14.8 Å². The Labute approximate surface area is 248 Å². The van der Waals surface area contributed by atoms with Crippen molar-refractivity contribution in [2.45, 2.75) is 79.1 Å². The van der Waals surface area contributed by atoms with Crippen LogP contribution in [0.4, 0.5) is 18.9 Å². The van der Waals surface area contributed by atoms with E-state index in [9.17, 15) is 17.6 Å². The maximum Gasteiger partial charge on any atom is 0.265 e. The zero-order valence-corrected chi connectivity index (χ0v) is 25.0. The van der Waals surface area contributed by atoms with Gasteiger partial charge in [0.1, 0.15) is 17.1 Å². The van der Waals surface area contributed by atoms with Crippen LogP contribution in [0.1, 0.15) is 45.4 Å². The van der Waals surface area contributed by atoms with E-state index < -0.39 is 49.8 Å². The van der Waals surface area contributed by atoms with E-state index in [4.69, 9.17) is 9.47 Å². The van der Waals surface area contributed by atoms with Crippen LogP contribution in [0.25, 0.3) is 0 Å². The Balaban J connectivity index is 1.25. The van der Waals surface area contributed by atoms with Gasteiger partial charge in [0.25, 0.3) is 15.9 Å². The van der Waals surface area contributed by atoms with Crippen LogP contribution in [0.15, 0.2) is 46.2 Å². The zero-order valence-electron chi connectivity index (χ0n) is 23.4. The minimum Gasteiger partial charge on any atom is -0.377 e. The fourth-order valence-corrected chi connectivity index (χ4v) is 7.05. The summed E-state index contributed by atoms with van der Waals surface area (Å²) in [7, 11) is -4.55. The molecule has 5 rings (SSSR count). The van der Waals surface area contributed by atoms with Crippen molar-refractivity contribution in [1.29, 1.82) is 0 Å². The second-order valence-electron chi connectivity index (χ2n) is 11.3. The second kappa shape index (κ2) is 13.1. The first kappa shape index (κ1) is 31.1. The Morgan fingerprint density at radius 3 is 2.43 bits per heavy atom. The van der Waals surface area contributed by atoms with Gasteiger partial charge in [-0.2, -0.15) is 0 Å². The Bertz CT molecular complexity index is 1340. The number of carbonyl (C=O) groups excluding carboxylic acids is 1. The van der Waals surface area contributed by atoms with Crippen molar-refractivity contribution in [1.82, 2.24) is 9.62 Å². The zero-order chi connectivity index (χ0) is 29.9. The van der Waals surface area contributed by atoms with Crippen molar-refractivity contribution in [2.24, 2.45) is 0 Å². The molecule has 42 heavy (non-hydrogen) atoms. The van der Waals surface area contributed by atoms with Crippen LogP contribution in [-0.2, 0) is 24.3 Å². The Kier molecular flexibility index (Phi) is 9.73. The number of benzene rings is 2. The molecule has 8 nitrogen and oxygen atoms in total. The van der Waals surface area contributed by atoms with E-state index in [-0.39, 0.29) is 11.9 Å². The Hall–Kier alpha value is -2.32. The molecule has 2 heterocycles. The highest BCUT2D eigenvalue weighted by molar-refractivity contribution is 7.99. The number of hydrogen-bond donors (Lipinski definition) is 2. The number of likely N-dealkylation sites (tertiary alicyclic amines) is 1. The molecule has 2 aromatic carbocycles. The molecule has 2 N–H and O–H groups in total. The largest absolute Gasteiger partial charge is 0.377 e. The highest BCUT2D eigenvalue weighted by Crippen LogP contribution is 2.30. The van der Waals surface area contributed by atoms with Crippen molar-refractivity contribution in [3.63, 3.8) is 0 Å². The highest BCUT2D eigenvalue weighted by atomic mass is 32.2. The molecule has 0 spiro atoms. The molecule has 1 amide bonds. The summed E-state index contributed by atoms with van der Waals surface area (Å²) in [6.45, 7) is 4.10. The number of sulfonamides is 1. The number of rotatable bonds is 13. The van der Waals surface area contributed by atoms with E-state index in [0.717, 1.165) is 37.2 Å². The summed E-state index contributed by atoms with van der Waals surface area (Å²) < 4.78 is 82.9. The quantitative estimate of drug-likeness (QED) is 0.309. The molecule has 0 bridgehead atoms. The van der Waals surface area contributed by atoms with Gasteiger partial charge in [-0.25, -0.2) is 26.3 Å². The summed E-state index contributed by atoms with van der Waals surface area (Å²) in [6, 6.07) is 6.99. The molecule has 3 aliphatic rings. The summed E-state index contributed by atoms with van der Waals surface area (Å²) >= 11 is 1.42. The number of ether oxygens (including phenoxy) is 2. The van der Waals surface area contributed by atoms with E-state index in [1.54, 1.807) is 12.1 Å². The molecular weight excluding hydrogens is 591 g/mol. The molecule has 3 fully saturated rings. The maximum atomic E-state index is 15.3. The van der Waals surface area contributed by atoms with Gasteiger partial charge >= 0.3 is 0 Å². The van der Waals surface area contributed by atoms with E-state index in [2.05, 4.69) is 10.2 Å². The first-order valence-corrected chi connectivity index (χ1v) is 16.7. The molecule has 0 radical (unpaired) electrons. The smallest absolute Gasteiger partial charge is 0.265 e. The normalized spacial score (nSPS) is 22.4. The molecule has 13 heteroatoms. The van der Waals surface area contributed by atoms with Crippen LogP contribution in [0.5, 0.6) is 0 Å². The molecule has 2 aromatic rings. The monoisotopic (exact) mass is 627 g/mol. The lowest BCUT2D eigenvalue weighted by atomic mass is 9.95. The highest BCUT2D eigenvalue weighted by Gasteiger charge is 2.39.